The third-order valence-corrected chi connectivity index (χ3v) is 7.51. The molecule has 4 nitrogen and oxygen atoms in total. The van der Waals surface area contributed by atoms with Gasteiger partial charge in [0, 0.05) is 24.5 Å². The van der Waals surface area contributed by atoms with Crippen LogP contribution in [0, 0.1) is 5.41 Å². The molecule has 2 unspecified atom stereocenters. The number of aromatic nitrogens is 1. The van der Waals surface area contributed by atoms with E-state index in [0.717, 1.165) is 42.6 Å². The molecule has 0 aliphatic carbocycles. The summed E-state index contributed by atoms with van der Waals surface area (Å²) in [6, 6.07) is 9.77. The minimum absolute atomic E-state index is 0. The maximum Gasteiger partial charge on any atom is 0.226 e. The molecule has 0 radical (unpaired) electrons. The number of halogens is 2. The molecule has 2 saturated heterocycles. The van der Waals surface area contributed by atoms with Crippen molar-refractivity contribution in [3.63, 3.8) is 0 Å². The SMILES string of the molecule is CCC(CC)(Cc1nc2ccccc2s1)C(=O)NC1CC2CCC(C1)N2.Cl.Cl. The molecule has 1 aromatic heterocycles. The second-order valence-corrected chi connectivity index (χ2v) is 9.13. The summed E-state index contributed by atoms with van der Waals surface area (Å²) in [6.07, 6.45) is 7.11. The lowest BCUT2D eigenvalue weighted by molar-refractivity contribution is -0.132. The molecule has 0 saturated carbocycles. The topological polar surface area (TPSA) is 54.0 Å². The van der Waals surface area contributed by atoms with Crippen LogP contribution in [-0.2, 0) is 11.2 Å². The van der Waals surface area contributed by atoms with Crippen LogP contribution in [0.1, 0.15) is 57.4 Å². The number of hydrogen-bond donors (Lipinski definition) is 2. The van der Waals surface area contributed by atoms with Gasteiger partial charge in [-0.15, -0.1) is 36.2 Å². The molecule has 2 aliphatic rings. The standard InChI is InChI=1S/C21H29N3OS.2ClH/c1-3-21(4-2,13-19-24-17-7-5-6-8-18(17)26-19)20(25)23-16-11-14-9-10-15(12-16)22-14;;/h5-8,14-16,22H,3-4,9-13H2,1-2H3,(H,23,25);2*1H. The maximum atomic E-state index is 13.3. The van der Waals surface area contributed by atoms with E-state index in [9.17, 15) is 4.79 Å². The van der Waals surface area contributed by atoms with Crippen molar-refractivity contribution in [2.45, 2.75) is 76.9 Å². The monoisotopic (exact) mass is 443 g/mol. The Kier molecular flexibility index (Phi) is 8.15. The van der Waals surface area contributed by atoms with Gasteiger partial charge in [-0.05, 0) is 50.7 Å². The van der Waals surface area contributed by atoms with Gasteiger partial charge in [-0.2, -0.15) is 0 Å². The number of benzene rings is 1. The van der Waals surface area contributed by atoms with Crippen molar-refractivity contribution in [1.82, 2.24) is 15.6 Å². The van der Waals surface area contributed by atoms with Crippen molar-refractivity contribution < 1.29 is 4.79 Å². The molecular weight excluding hydrogens is 413 g/mol. The molecule has 2 N–H and O–H groups in total. The smallest absolute Gasteiger partial charge is 0.226 e. The Balaban J connectivity index is 0.00000140. The highest BCUT2D eigenvalue weighted by atomic mass is 35.5. The van der Waals surface area contributed by atoms with Crippen LogP contribution >= 0.6 is 36.2 Å². The van der Waals surface area contributed by atoms with Crippen molar-refractivity contribution in [3.8, 4) is 0 Å². The second-order valence-electron chi connectivity index (χ2n) is 8.02. The van der Waals surface area contributed by atoms with Crippen LogP contribution in [0.15, 0.2) is 24.3 Å². The molecule has 7 heteroatoms. The number of fused-ring (bicyclic) bond motifs is 3. The number of thiazole rings is 1. The molecule has 156 valence electrons. The lowest BCUT2D eigenvalue weighted by atomic mass is 9.78. The summed E-state index contributed by atoms with van der Waals surface area (Å²) in [5, 5.41) is 8.15. The molecule has 2 aliphatic heterocycles. The summed E-state index contributed by atoms with van der Waals surface area (Å²) in [5.74, 6) is 0.230. The highest BCUT2D eigenvalue weighted by Crippen LogP contribution is 2.35. The largest absolute Gasteiger partial charge is 0.353 e. The van der Waals surface area contributed by atoms with Crippen molar-refractivity contribution in [1.29, 1.82) is 0 Å². The number of carbonyl (C=O) groups is 1. The zero-order chi connectivity index (χ0) is 18.1. The van der Waals surface area contributed by atoms with E-state index in [4.69, 9.17) is 4.98 Å². The van der Waals surface area contributed by atoms with Gasteiger partial charge in [0.2, 0.25) is 5.91 Å². The van der Waals surface area contributed by atoms with Crippen LogP contribution in [0.2, 0.25) is 0 Å². The van der Waals surface area contributed by atoms with Crippen LogP contribution in [0.4, 0.5) is 0 Å². The van der Waals surface area contributed by atoms with Crippen LogP contribution < -0.4 is 10.6 Å². The normalized spacial score (nSPS) is 23.7. The molecule has 0 spiro atoms. The molecule has 2 bridgehead atoms. The summed E-state index contributed by atoms with van der Waals surface area (Å²) in [6.45, 7) is 4.28. The fraction of sp³-hybridized carbons (Fsp3) is 0.619. The zero-order valence-electron chi connectivity index (χ0n) is 16.6. The number of hydrogen-bond acceptors (Lipinski definition) is 4. The molecule has 1 aromatic carbocycles. The maximum absolute atomic E-state index is 13.3. The minimum Gasteiger partial charge on any atom is -0.353 e. The molecular formula is C21H31Cl2N3OS. The van der Waals surface area contributed by atoms with Crippen LogP contribution in [-0.4, -0.2) is 29.0 Å². The van der Waals surface area contributed by atoms with Gasteiger partial charge in [-0.3, -0.25) is 4.79 Å². The number of para-hydroxylation sites is 1. The van der Waals surface area contributed by atoms with Crippen molar-refractivity contribution in [2.24, 2.45) is 5.41 Å². The Hall–Kier alpha value is -0.880. The molecule has 3 heterocycles. The highest BCUT2D eigenvalue weighted by molar-refractivity contribution is 7.18. The van der Waals surface area contributed by atoms with Gasteiger partial charge in [0.15, 0.2) is 0 Å². The third-order valence-electron chi connectivity index (χ3n) is 6.47. The average Bonchev–Trinajstić information content (AvgIpc) is 3.21. The molecule has 2 fully saturated rings. The lowest BCUT2D eigenvalue weighted by Crippen LogP contribution is -2.52. The Morgan fingerprint density at radius 1 is 1.18 bits per heavy atom. The summed E-state index contributed by atoms with van der Waals surface area (Å²) in [7, 11) is 0. The van der Waals surface area contributed by atoms with Crippen molar-refractivity contribution in [3.05, 3.63) is 29.3 Å². The van der Waals surface area contributed by atoms with Crippen LogP contribution in [0.3, 0.4) is 0 Å². The van der Waals surface area contributed by atoms with Gasteiger partial charge in [0.25, 0.3) is 0 Å². The van der Waals surface area contributed by atoms with E-state index in [-0.39, 0.29) is 36.1 Å². The highest BCUT2D eigenvalue weighted by Gasteiger charge is 2.40. The summed E-state index contributed by atoms with van der Waals surface area (Å²) >= 11 is 1.73. The number of nitrogens with zero attached hydrogens (tertiary/aromatic N) is 1. The van der Waals surface area contributed by atoms with E-state index in [1.54, 1.807) is 11.3 Å². The van der Waals surface area contributed by atoms with Gasteiger partial charge >= 0.3 is 0 Å². The quantitative estimate of drug-likeness (QED) is 0.667. The summed E-state index contributed by atoms with van der Waals surface area (Å²) in [4.78, 5) is 18.1. The summed E-state index contributed by atoms with van der Waals surface area (Å²) < 4.78 is 1.21. The summed E-state index contributed by atoms with van der Waals surface area (Å²) in [5.41, 5.74) is 0.696. The molecule has 1 amide bonds. The first-order valence-electron chi connectivity index (χ1n) is 10.0. The molecule has 28 heavy (non-hydrogen) atoms. The first kappa shape index (κ1) is 23.4. The Morgan fingerprint density at radius 3 is 2.43 bits per heavy atom. The zero-order valence-corrected chi connectivity index (χ0v) is 19.0. The predicted octanol–water partition coefficient (Wildman–Crippen LogP) is 4.89. The van der Waals surface area contributed by atoms with Gasteiger partial charge in [0.05, 0.1) is 20.6 Å². The number of amides is 1. The van der Waals surface area contributed by atoms with Crippen LogP contribution in [0.5, 0.6) is 0 Å². The number of rotatable bonds is 6. The second kappa shape index (κ2) is 9.75. The van der Waals surface area contributed by atoms with Gasteiger partial charge in [0.1, 0.15) is 0 Å². The number of nitrogens with one attached hydrogen (secondary N) is 2. The van der Waals surface area contributed by atoms with Crippen molar-refractivity contribution in [2.75, 3.05) is 0 Å². The Labute approximate surface area is 184 Å². The number of piperidine rings is 1. The fourth-order valence-corrected chi connectivity index (χ4v) is 5.81. The molecule has 2 atom stereocenters. The van der Waals surface area contributed by atoms with E-state index in [2.05, 4.69) is 42.7 Å². The predicted molar refractivity (Wildman–Crippen MR) is 122 cm³/mol. The van der Waals surface area contributed by atoms with E-state index in [1.807, 2.05) is 6.07 Å². The van der Waals surface area contributed by atoms with Gasteiger partial charge in [-0.1, -0.05) is 26.0 Å². The van der Waals surface area contributed by atoms with Gasteiger partial charge in [-0.25, -0.2) is 4.98 Å². The average molecular weight is 444 g/mol. The first-order valence-corrected chi connectivity index (χ1v) is 10.8. The minimum atomic E-state index is -0.349. The van der Waals surface area contributed by atoms with Crippen molar-refractivity contribution >= 4 is 52.3 Å². The lowest BCUT2D eigenvalue weighted by Gasteiger charge is -2.35. The van der Waals surface area contributed by atoms with E-state index >= 15 is 0 Å². The fourth-order valence-electron chi connectivity index (χ4n) is 4.70. The first-order chi connectivity index (χ1) is 12.6. The van der Waals surface area contributed by atoms with E-state index in [0.29, 0.717) is 18.1 Å². The third kappa shape index (κ3) is 4.64. The Morgan fingerprint density at radius 2 is 1.82 bits per heavy atom. The Bertz CT molecular complexity index is 748. The van der Waals surface area contributed by atoms with Crippen LogP contribution in [0.25, 0.3) is 10.2 Å². The molecule has 4 rings (SSSR count). The molecule has 2 aromatic rings. The van der Waals surface area contributed by atoms with E-state index < -0.39 is 0 Å². The van der Waals surface area contributed by atoms with E-state index in [1.165, 1.54) is 17.5 Å². The number of carbonyl (C=O) groups excluding carboxylic acids is 1. The van der Waals surface area contributed by atoms with Gasteiger partial charge < -0.3 is 10.6 Å².